The Morgan fingerprint density at radius 2 is 1.87 bits per heavy atom. The van der Waals surface area contributed by atoms with Crippen molar-refractivity contribution in [2.75, 3.05) is 7.05 Å². The van der Waals surface area contributed by atoms with E-state index in [2.05, 4.69) is 15.5 Å². The summed E-state index contributed by atoms with van der Waals surface area (Å²) in [4.78, 5) is 4.30. The molecule has 2 rings (SSSR count). The molecule has 0 spiro atoms. The van der Waals surface area contributed by atoms with Gasteiger partial charge < -0.3 is 9.84 Å². The highest BCUT2D eigenvalue weighted by Crippen LogP contribution is 2.36. The van der Waals surface area contributed by atoms with Gasteiger partial charge >= 0.3 is 0 Å². The molecule has 86 valence electrons. The minimum Gasteiger partial charge on any atom is -0.340 e. The van der Waals surface area contributed by atoms with E-state index in [-0.39, 0.29) is 5.54 Å². The molecule has 0 saturated heterocycles. The lowest BCUT2D eigenvalue weighted by Crippen LogP contribution is -2.38. The zero-order valence-corrected chi connectivity index (χ0v) is 10.1. The molecule has 4 heteroatoms. The summed E-state index contributed by atoms with van der Waals surface area (Å²) in [5.74, 6) is 1.47. The van der Waals surface area contributed by atoms with Crippen LogP contribution in [0.2, 0.25) is 0 Å². The van der Waals surface area contributed by atoms with Crippen molar-refractivity contribution >= 4 is 0 Å². The van der Waals surface area contributed by atoms with Gasteiger partial charge in [0.05, 0.1) is 5.54 Å². The molecular formula is C11H21N3O. The van der Waals surface area contributed by atoms with Gasteiger partial charge in [-0.25, -0.2) is 0 Å². The minimum absolute atomic E-state index is 0.0161. The maximum absolute atomic E-state index is 5.00. The molecule has 4 nitrogen and oxygen atoms in total. The van der Waals surface area contributed by atoms with E-state index in [1.54, 1.807) is 0 Å². The zero-order chi connectivity index (χ0) is 11.3. The number of aryl methyl sites for hydroxylation is 1. The third-order valence-electron chi connectivity index (χ3n) is 2.89. The molecule has 0 unspecified atom stereocenters. The number of nitrogens with one attached hydrogen (secondary N) is 1. The monoisotopic (exact) mass is 211 g/mol. The predicted octanol–water partition coefficient (Wildman–Crippen LogP) is 2.39. The molecule has 1 saturated carbocycles. The summed E-state index contributed by atoms with van der Waals surface area (Å²) < 4.78 is 5.00. The van der Waals surface area contributed by atoms with Gasteiger partial charge in [-0.05, 0) is 19.9 Å². The Morgan fingerprint density at radius 3 is 2.27 bits per heavy atom. The lowest BCUT2D eigenvalue weighted by Gasteiger charge is -2.23. The summed E-state index contributed by atoms with van der Waals surface area (Å²) in [5, 5.41) is 7.31. The fourth-order valence-corrected chi connectivity index (χ4v) is 2.06. The van der Waals surface area contributed by atoms with Crippen LogP contribution < -0.4 is 5.32 Å². The molecule has 15 heavy (non-hydrogen) atoms. The number of nitrogens with zero attached hydrogens (tertiary/aromatic N) is 2. The molecule has 1 aromatic heterocycles. The SMILES string of the molecule is CC.CNC1(c2noc(C)n2)CCCC1. The fourth-order valence-electron chi connectivity index (χ4n) is 2.06. The van der Waals surface area contributed by atoms with E-state index in [1.807, 2.05) is 27.8 Å². The molecule has 0 aliphatic heterocycles. The summed E-state index contributed by atoms with van der Waals surface area (Å²) in [6, 6.07) is 0. The lowest BCUT2D eigenvalue weighted by molar-refractivity contribution is 0.319. The van der Waals surface area contributed by atoms with Crippen molar-refractivity contribution in [2.24, 2.45) is 0 Å². The van der Waals surface area contributed by atoms with Crippen LogP contribution in [-0.4, -0.2) is 17.2 Å². The normalized spacial score (nSPS) is 18.4. The van der Waals surface area contributed by atoms with E-state index in [9.17, 15) is 0 Å². The standard InChI is InChI=1S/C9H15N3O.C2H6/c1-7-11-8(12-13-7)9(10-2)5-3-4-6-9;1-2/h10H,3-6H2,1-2H3;1-2H3. The highest BCUT2D eigenvalue weighted by molar-refractivity contribution is 5.07. The van der Waals surface area contributed by atoms with Gasteiger partial charge in [0.25, 0.3) is 0 Å². The summed E-state index contributed by atoms with van der Waals surface area (Å²) in [6.45, 7) is 5.83. The molecule has 0 atom stereocenters. The first kappa shape index (κ1) is 12.2. The molecule has 0 bridgehead atoms. The van der Waals surface area contributed by atoms with Gasteiger partial charge in [-0.15, -0.1) is 0 Å². The van der Waals surface area contributed by atoms with Crippen molar-refractivity contribution in [3.05, 3.63) is 11.7 Å². The molecule has 1 aromatic rings. The summed E-state index contributed by atoms with van der Waals surface area (Å²) >= 11 is 0. The second-order valence-electron chi connectivity index (χ2n) is 3.68. The van der Waals surface area contributed by atoms with Gasteiger partial charge in [0.2, 0.25) is 5.89 Å². The maximum atomic E-state index is 5.00. The highest BCUT2D eigenvalue weighted by atomic mass is 16.5. The van der Waals surface area contributed by atoms with Crippen molar-refractivity contribution < 1.29 is 4.52 Å². The van der Waals surface area contributed by atoms with Crippen molar-refractivity contribution in [3.63, 3.8) is 0 Å². The van der Waals surface area contributed by atoms with Crippen LogP contribution in [-0.2, 0) is 5.54 Å². The first-order chi connectivity index (χ1) is 7.27. The molecule has 0 radical (unpaired) electrons. The van der Waals surface area contributed by atoms with Gasteiger partial charge in [0, 0.05) is 6.92 Å². The third-order valence-corrected chi connectivity index (χ3v) is 2.89. The summed E-state index contributed by atoms with van der Waals surface area (Å²) in [5.41, 5.74) is -0.0161. The molecule has 1 aliphatic rings. The van der Waals surface area contributed by atoms with Gasteiger partial charge in [-0.2, -0.15) is 4.98 Å². The van der Waals surface area contributed by atoms with E-state index >= 15 is 0 Å². The first-order valence-corrected chi connectivity index (χ1v) is 5.76. The maximum Gasteiger partial charge on any atom is 0.223 e. The molecule has 0 aromatic carbocycles. The van der Waals surface area contributed by atoms with E-state index in [4.69, 9.17) is 4.52 Å². The Morgan fingerprint density at radius 1 is 1.27 bits per heavy atom. The van der Waals surface area contributed by atoms with Gasteiger partial charge in [0.1, 0.15) is 0 Å². The number of rotatable bonds is 2. The Bertz CT molecular complexity index is 290. The highest BCUT2D eigenvalue weighted by Gasteiger charge is 2.38. The van der Waals surface area contributed by atoms with Crippen LogP contribution >= 0.6 is 0 Å². The molecule has 1 aliphatic carbocycles. The van der Waals surface area contributed by atoms with Crippen LogP contribution in [0, 0.1) is 6.92 Å². The van der Waals surface area contributed by atoms with Crippen molar-refractivity contribution in [2.45, 2.75) is 52.0 Å². The fraction of sp³-hybridized carbons (Fsp3) is 0.818. The number of hydrogen-bond donors (Lipinski definition) is 1. The Hall–Kier alpha value is -0.900. The molecule has 0 amide bonds. The summed E-state index contributed by atoms with van der Waals surface area (Å²) in [7, 11) is 1.97. The first-order valence-electron chi connectivity index (χ1n) is 5.76. The smallest absolute Gasteiger partial charge is 0.223 e. The second-order valence-corrected chi connectivity index (χ2v) is 3.68. The van der Waals surface area contributed by atoms with Crippen LogP contribution in [0.5, 0.6) is 0 Å². The minimum atomic E-state index is -0.0161. The second kappa shape index (κ2) is 5.26. The van der Waals surface area contributed by atoms with Crippen LogP contribution in [0.4, 0.5) is 0 Å². The van der Waals surface area contributed by atoms with Gasteiger partial charge in [-0.1, -0.05) is 31.8 Å². The van der Waals surface area contributed by atoms with E-state index in [0.29, 0.717) is 5.89 Å². The summed E-state index contributed by atoms with van der Waals surface area (Å²) in [6.07, 6.45) is 4.72. The lowest BCUT2D eigenvalue weighted by atomic mass is 9.97. The average Bonchev–Trinajstić information content (AvgIpc) is 2.90. The van der Waals surface area contributed by atoms with Crippen LogP contribution in [0.25, 0.3) is 0 Å². The predicted molar refractivity (Wildman–Crippen MR) is 59.6 cm³/mol. The number of aromatic nitrogens is 2. The van der Waals surface area contributed by atoms with E-state index in [0.717, 1.165) is 18.7 Å². The molecular weight excluding hydrogens is 190 g/mol. The molecule has 1 fully saturated rings. The van der Waals surface area contributed by atoms with Crippen LogP contribution in [0.3, 0.4) is 0 Å². The molecule has 1 N–H and O–H groups in total. The van der Waals surface area contributed by atoms with E-state index < -0.39 is 0 Å². The number of hydrogen-bond acceptors (Lipinski definition) is 4. The van der Waals surface area contributed by atoms with Crippen molar-refractivity contribution in [3.8, 4) is 0 Å². The van der Waals surface area contributed by atoms with Gasteiger partial charge in [-0.3, -0.25) is 0 Å². The topological polar surface area (TPSA) is 51.0 Å². The largest absolute Gasteiger partial charge is 0.340 e. The quantitative estimate of drug-likeness (QED) is 0.816. The Kier molecular flexibility index (Phi) is 4.27. The third kappa shape index (κ3) is 2.37. The van der Waals surface area contributed by atoms with E-state index in [1.165, 1.54) is 12.8 Å². The molecule has 1 heterocycles. The zero-order valence-electron chi connectivity index (χ0n) is 10.1. The average molecular weight is 211 g/mol. The Labute approximate surface area is 91.5 Å². The van der Waals surface area contributed by atoms with Gasteiger partial charge in [0.15, 0.2) is 5.82 Å². The van der Waals surface area contributed by atoms with Crippen molar-refractivity contribution in [1.82, 2.24) is 15.5 Å². The van der Waals surface area contributed by atoms with Crippen LogP contribution in [0.1, 0.15) is 51.2 Å². The Balaban J connectivity index is 0.000000531. The van der Waals surface area contributed by atoms with Crippen molar-refractivity contribution in [1.29, 1.82) is 0 Å². The van der Waals surface area contributed by atoms with Crippen LogP contribution in [0.15, 0.2) is 4.52 Å².